The number of ether oxygens (including phenoxy) is 4. The fourth-order valence-electron chi connectivity index (χ4n) is 7.25. The molecule has 8 N–H and O–H groups in total. The second-order valence-electron chi connectivity index (χ2n) is 18.0. The van der Waals surface area contributed by atoms with Crippen LogP contribution >= 0.6 is 64.8 Å². The molecule has 0 saturated carbocycles. The number of hydrogen-bond acceptors (Lipinski definition) is 19. The standard InChI is InChI=1S/C47H83N3O16.C2H2S6/c48-41(47(61)62)18-15-16-25-49-42(53)22-20-38(46(59)60)36-40(52)24-27-63-29-31-65-33-34-66-32-30-64-28-26-50-43(54)23-21-37(45(57)58)35-39(51)17-13-11-9-7-5-3-1-2-4-6-8-10-12-14-19-44(55)56;1-3-5-2(6-4-1)7-8-2/h37-38,41H,1-36,48H2,(H,49,53)(H,50,54)(H,55,56)(H,57,58)(H,59,60)(H,61,62);1H2/t37-,38-,41+;/m1./s1. The zero-order valence-corrected chi connectivity index (χ0v) is 48.0. The van der Waals surface area contributed by atoms with E-state index in [-0.39, 0.29) is 114 Å². The number of carboxylic acids is 4. The van der Waals surface area contributed by atoms with Crippen LogP contribution in [-0.4, -0.2) is 147 Å². The van der Waals surface area contributed by atoms with Crippen molar-refractivity contribution in [1.82, 2.24) is 10.6 Å². The summed E-state index contributed by atoms with van der Waals surface area (Å²) in [6, 6.07) is -0.946. The van der Waals surface area contributed by atoms with Gasteiger partial charge >= 0.3 is 23.9 Å². The van der Waals surface area contributed by atoms with E-state index in [4.69, 9.17) is 34.9 Å². The van der Waals surface area contributed by atoms with E-state index in [1.165, 1.54) is 50.0 Å². The van der Waals surface area contributed by atoms with E-state index in [2.05, 4.69) is 10.6 Å². The third-order valence-electron chi connectivity index (χ3n) is 11.6. The van der Waals surface area contributed by atoms with Gasteiger partial charge in [0.25, 0.3) is 0 Å². The van der Waals surface area contributed by atoms with Gasteiger partial charge in [-0.25, -0.2) is 0 Å². The molecule has 2 fully saturated rings. The molecule has 0 aromatic carbocycles. The maximum absolute atomic E-state index is 12.4. The van der Waals surface area contributed by atoms with Gasteiger partial charge in [0.05, 0.1) is 69.8 Å². The van der Waals surface area contributed by atoms with E-state index in [0.717, 1.165) is 44.9 Å². The molecule has 0 aromatic heterocycles. The SMILES string of the molecule is C1SSC2(SS1)SS2.N[C@@H](CCCCNC(=O)CC[C@H](CC(=O)CCOCCOCCOCCOCCNC(=O)CC[C@H](CC(=O)CCCCCCCCCCCCCCCCC(=O)O)C(=O)O)C(=O)O)C(=O)O. The van der Waals surface area contributed by atoms with E-state index in [0.29, 0.717) is 55.0 Å². The van der Waals surface area contributed by atoms with E-state index in [1.54, 1.807) is 0 Å². The molecular formula is C49H85N3O16S6. The Bertz CT molecular complexity index is 1580. The zero-order chi connectivity index (χ0) is 54.5. The lowest BCUT2D eigenvalue weighted by atomic mass is 9.94. The van der Waals surface area contributed by atoms with Crippen molar-refractivity contribution in [1.29, 1.82) is 0 Å². The van der Waals surface area contributed by atoms with Gasteiger partial charge < -0.3 is 55.7 Å². The summed E-state index contributed by atoms with van der Waals surface area (Å²) in [5.41, 5.74) is 5.43. The molecule has 74 heavy (non-hydrogen) atoms. The molecule has 2 aliphatic heterocycles. The van der Waals surface area contributed by atoms with Crippen molar-refractivity contribution < 1.29 is 77.7 Å². The minimum absolute atomic E-state index is 0.00135. The summed E-state index contributed by atoms with van der Waals surface area (Å²) in [5.74, 6) is -6.93. The fraction of sp³-hybridized carbons (Fsp3) is 0.837. The molecule has 0 aromatic rings. The summed E-state index contributed by atoms with van der Waals surface area (Å²) >= 11 is 0. The first-order valence-corrected chi connectivity index (χ1v) is 32.9. The van der Waals surface area contributed by atoms with Gasteiger partial charge in [0, 0.05) is 58.0 Å². The Morgan fingerprint density at radius 1 is 0.432 bits per heavy atom. The number of carbonyl (C=O) groups excluding carboxylic acids is 4. The number of ketones is 2. The highest BCUT2D eigenvalue weighted by atomic mass is 33.2. The first-order chi connectivity index (χ1) is 35.6. The van der Waals surface area contributed by atoms with Crippen LogP contribution in [0.15, 0.2) is 0 Å². The van der Waals surface area contributed by atoms with Crippen molar-refractivity contribution in [3.63, 3.8) is 0 Å². The van der Waals surface area contributed by atoms with Crippen LogP contribution in [0, 0.1) is 11.8 Å². The second kappa shape index (κ2) is 47.1. The molecule has 25 heteroatoms. The van der Waals surface area contributed by atoms with E-state index in [9.17, 15) is 48.6 Å². The predicted molar refractivity (Wildman–Crippen MR) is 298 cm³/mol. The van der Waals surface area contributed by atoms with Crippen molar-refractivity contribution in [2.24, 2.45) is 17.6 Å². The van der Waals surface area contributed by atoms with Crippen molar-refractivity contribution in [2.75, 3.05) is 71.0 Å². The number of aliphatic carboxylic acids is 4. The van der Waals surface area contributed by atoms with Gasteiger partial charge in [-0.1, -0.05) is 120 Å². The second-order valence-corrected chi connectivity index (χ2v) is 27.5. The van der Waals surface area contributed by atoms with Gasteiger partial charge in [-0.15, -0.1) is 0 Å². The number of unbranched alkanes of at least 4 members (excludes halogenated alkanes) is 14. The third-order valence-corrected chi connectivity index (χ3v) is 24.6. The largest absolute Gasteiger partial charge is 0.481 e. The van der Waals surface area contributed by atoms with Gasteiger partial charge in [-0.2, -0.15) is 0 Å². The van der Waals surface area contributed by atoms with E-state index in [1.807, 2.05) is 64.8 Å². The van der Waals surface area contributed by atoms with Crippen LogP contribution < -0.4 is 16.4 Å². The number of nitrogens with one attached hydrogen (secondary N) is 2. The molecule has 3 atom stereocenters. The van der Waals surface area contributed by atoms with Gasteiger partial charge in [-0.05, 0) is 66.5 Å². The van der Waals surface area contributed by atoms with Crippen molar-refractivity contribution in [2.45, 2.75) is 176 Å². The predicted octanol–water partition coefficient (Wildman–Crippen LogP) is 9.19. The molecule has 2 heterocycles. The Morgan fingerprint density at radius 3 is 1.26 bits per heavy atom. The molecule has 2 aliphatic rings. The van der Waals surface area contributed by atoms with E-state index >= 15 is 0 Å². The maximum Gasteiger partial charge on any atom is 0.320 e. The van der Waals surface area contributed by atoms with Crippen LogP contribution in [0.3, 0.4) is 0 Å². The maximum atomic E-state index is 12.4. The van der Waals surface area contributed by atoms with Crippen molar-refractivity contribution in [3.05, 3.63) is 0 Å². The third kappa shape index (κ3) is 43.1. The molecule has 1 spiro atoms. The highest BCUT2D eigenvalue weighted by molar-refractivity contribution is 9.14. The number of hydrogen-bond donors (Lipinski definition) is 7. The minimum Gasteiger partial charge on any atom is -0.481 e. The molecule has 2 amide bonds. The molecule has 0 radical (unpaired) electrons. The summed E-state index contributed by atoms with van der Waals surface area (Å²) in [6.45, 7) is 2.63. The molecule has 19 nitrogen and oxygen atoms in total. The Hall–Kier alpha value is -1.94. The lowest BCUT2D eigenvalue weighted by molar-refractivity contribution is -0.145. The lowest BCUT2D eigenvalue weighted by Gasteiger charge is -2.13. The molecule has 0 bridgehead atoms. The van der Waals surface area contributed by atoms with Crippen LogP contribution in [0.5, 0.6) is 0 Å². The summed E-state index contributed by atoms with van der Waals surface area (Å²) in [6.07, 6.45) is 17.0. The summed E-state index contributed by atoms with van der Waals surface area (Å²) < 4.78 is 22.2. The molecule has 2 saturated heterocycles. The Kier molecular flexibility index (Phi) is 44.6. The van der Waals surface area contributed by atoms with Gasteiger partial charge in [0.2, 0.25) is 11.8 Å². The quantitative estimate of drug-likeness (QED) is 0.0170. The Labute approximate surface area is 462 Å². The van der Waals surface area contributed by atoms with Gasteiger partial charge in [-0.3, -0.25) is 38.4 Å². The highest BCUT2D eigenvalue weighted by Gasteiger charge is 2.50. The van der Waals surface area contributed by atoms with Crippen LogP contribution in [0.2, 0.25) is 0 Å². The summed E-state index contributed by atoms with van der Waals surface area (Å²) in [7, 11) is 12.0. The smallest absolute Gasteiger partial charge is 0.320 e. The van der Waals surface area contributed by atoms with Crippen LogP contribution in [0.25, 0.3) is 0 Å². The number of carbonyl (C=O) groups is 8. The molecule has 2 rings (SSSR count). The first kappa shape index (κ1) is 70.1. The minimum atomic E-state index is -1.16. The molecule has 428 valence electrons. The highest BCUT2D eigenvalue weighted by Crippen LogP contribution is 2.83. The number of nitrogens with two attached hydrogens (primary N) is 1. The molecule has 0 aliphatic carbocycles. The van der Waals surface area contributed by atoms with E-state index < -0.39 is 41.8 Å². The van der Waals surface area contributed by atoms with Crippen LogP contribution in [0.4, 0.5) is 0 Å². The summed E-state index contributed by atoms with van der Waals surface area (Å²) in [5, 5.41) is 43.1. The monoisotopic (exact) mass is 1160 g/mol. The fourth-order valence-corrected chi connectivity index (χ4v) is 20.3. The normalized spacial score (nSPS) is 14.8. The average molecular weight is 1160 g/mol. The Balaban J connectivity index is 0.00000306. The number of rotatable bonds is 50. The lowest BCUT2D eigenvalue weighted by Crippen LogP contribution is -2.30. The van der Waals surface area contributed by atoms with Gasteiger partial charge in [0.15, 0.2) is 2.74 Å². The van der Waals surface area contributed by atoms with Crippen molar-refractivity contribution >= 4 is 112 Å². The average Bonchev–Trinajstić information content (AvgIpc) is 4.12. The first-order valence-electron chi connectivity index (χ1n) is 26.2. The number of amides is 2. The van der Waals surface area contributed by atoms with Crippen molar-refractivity contribution in [3.8, 4) is 0 Å². The number of Topliss-reactive ketones (excluding diaryl/α,β-unsaturated/α-hetero) is 2. The van der Waals surface area contributed by atoms with Gasteiger partial charge in [0.1, 0.15) is 17.6 Å². The molecule has 0 unspecified atom stereocenters. The summed E-state index contributed by atoms with van der Waals surface area (Å²) in [4.78, 5) is 93.6. The molecular weight excluding hydrogens is 1080 g/mol. The zero-order valence-electron chi connectivity index (χ0n) is 43.1. The number of carboxylic acid groups (broad SMARTS) is 4. The topological polar surface area (TPSA) is 304 Å². The Morgan fingerprint density at radius 2 is 0.838 bits per heavy atom. The van der Waals surface area contributed by atoms with Crippen LogP contribution in [-0.2, 0) is 57.3 Å². The van der Waals surface area contributed by atoms with Crippen LogP contribution in [0.1, 0.15) is 167 Å².